The molecular formula is C49H90N2O3. The zero-order chi connectivity index (χ0) is 39.0. The van der Waals surface area contributed by atoms with Gasteiger partial charge in [-0.15, -0.1) is 0 Å². The fourth-order valence-electron chi connectivity index (χ4n) is 7.45. The summed E-state index contributed by atoms with van der Waals surface area (Å²) >= 11 is 0. The molecule has 0 aromatic heterocycles. The van der Waals surface area contributed by atoms with Crippen LogP contribution in [0.5, 0.6) is 5.75 Å². The molecule has 5 nitrogen and oxygen atoms in total. The topological polar surface area (TPSA) is 67.4 Å². The summed E-state index contributed by atoms with van der Waals surface area (Å²) in [5.41, 5.74) is 1.11. The highest BCUT2D eigenvalue weighted by Crippen LogP contribution is 2.22. The fraction of sp³-hybridized carbons (Fsp3) is 0.837. The van der Waals surface area contributed by atoms with Crippen LogP contribution in [0.25, 0.3) is 0 Å². The van der Waals surface area contributed by atoms with E-state index in [0.29, 0.717) is 36.6 Å². The van der Waals surface area contributed by atoms with Crippen LogP contribution in [-0.2, 0) is 0 Å². The third kappa shape index (κ3) is 30.2. The Labute approximate surface area is 336 Å². The van der Waals surface area contributed by atoms with Gasteiger partial charge in [-0.1, -0.05) is 226 Å². The van der Waals surface area contributed by atoms with Crippen LogP contribution in [0.15, 0.2) is 18.2 Å². The Bertz CT molecular complexity index is 980. The van der Waals surface area contributed by atoms with E-state index in [4.69, 9.17) is 4.74 Å². The smallest absolute Gasteiger partial charge is 0.255 e. The number of unbranched alkanes of at least 4 members (excludes halogenated alkanes) is 32. The van der Waals surface area contributed by atoms with Crippen LogP contribution in [0, 0.1) is 0 Å². The number of carbonyl (C=O) groups is 2. The lowest BCUT2D eigenvalue weighted by Gasteiger charge is -2.14. The second kappa shape index (κ2) is 39.2. The third-order valence-electron chi connectivity index (χ3n) is 11.1. The minimum absolute atomic E-state index is 0.0826. The van der Waals surface area contributed by atoms with Crippen molar-refractivity contribution in [2.24, 2.45) is 0 Å². The summed E-state index contributed by atoms with van der Waals surface area (Å²) in [6.07, 6.45) is 45.5. The molecule has 0 saturated heterocycles. The van der Waals surface area contributed by atoms with Crippen LogP contribution in [-0.4, -0.2) is 31.5 Å². The molecule has 314 valence electrons. The zero-order valence-electron chi connectivity index (χ0n) is 36.3. The lowest BCUT2D eigenvalue weighted by atomic mass is 10.0. The van der Waals surface area contributed by atoms with Crippen molar-refractivity contribution >= 4 is 11.8 Å². The van der Waals surface area contributed by atoms with Gasteiger partial charge in [0.15, 0.2) is 0 Å². The maximum absolute atomic E-state index is 13.3. The Morgan fingerprint density at radius 1 is 0.407 bits per heavy atom. The van der Waals surface area contributed by atoms with Crippen molar-refractivity contribution in [3.8, 4) is 5.75 Å². The van der Waals surface area contributed by atoms with Gasteiger partial charge < -0.3 is 15.4 Å². The van der Waals surface area contributed by atoms with Gasteiger partial charge in [0.25, 0.3) is 11.8 Å². The Kier molecular flexibility index (Phi) is 36.3. The van der Waals surface area contributed by atoms with E-state index in [1.54, 1.807) is 18.2 Å². The molecule has 0 aliphatic carbocycles. The standard InChI is InChI=1S/C49H90N2O3/c1-4-7-10-13-16-19-21-23-25-27-30-33-36-41-50-48(52)45-39-40-46(47(44-45)54-43-38-35-32-29-18-15-12-9-6-3)49(53)51-42-37-34-31-28-26-24-22-20-17-14-11-8-5-2/h39-40,44H,4-38,41-43H2,1-3H3,(H,50,52)(H,51,53). The van der Waals surface area contributed by atoms with Crippen molar-refractivity contribution < 1.29 is 14.3 Å². The predicted octanol–water partition coefficient (Wildman–Crippen LogP) is 15.2. The predicted molar refractivity (Wildman–Crippen MR) is 235 cm³/mol. The molecule has 0 aliphatic heterocycles. The van der Waals surface area contributed by atoms with Crippen LogP contribution in [0.4, 0.5) is 0 Å². The Balaban J connectivity index is 2.41. The molecule has 0 aliphatic rings. The van der Waals surface area contributed by atoms with E-state index in [0.717, 1.165) is 38.5 Å². The third-order valence-corrected chi connectivity index (χ3v) is 11.1. The van der Waals surface area contributed by atoms with E-state index >= 15 is 0 Å². The number of hydrogen-bond acceptors (Lipinski definition) is 3. The van der Waals surface area contributed by atoms with E-state index in [1.807, 2.05) is 0 Å². The number of rotatable bonds is 41. The number of nitrogens with one attached hydrogen (secondary N) is 2. The monoisotopic (exact) mass is 755 g/mol. The van der Waals surface area contributed by atoms with Crippen molar-refractivity contribution in [1.29, 1.82) is 0 Å². The van der Waals surface area contributed by atoms with Crippen LogP contribution in [0.1, 0.15) is 266 Å². The molecule has 0 radical (unpaired) electrons. The van der Waals surface area contributed by atoms with E-state index in [2.05, 4.69) is 31.4 Å². The quantitative estimate of drug-likeness (QED) is 0.0654. The second-order valence-electron chi connectivity index (χ2n) is 16.4. The van der Waals surface area contributed by atoms with Crippen molar-refractivity contribution in [2.45, 2.75) is 245 Å². The number of carbonyl (C=O) groups excluding carboxylic acids is 2. The molecule has 0 saturated carbocycles. The highest BCUT2D eigenvalue weighted by molar-refractivity contribution is 6.00. The van der Waals surface area contributed by atoms with Gasteiger partial charge >= 0.3 is 0 Å². The van der Waals surface area contributed by atoms with Gasteiger partial charge in [0, 0.05) is 18.7 Å². The molecule has 2 amide bonds. The number of benzene rings is 1. The maximum Gasteiger partial charge on any atom is 0.255 e. The first kappa shape index (κ1) is 50.0. The van der Waals surface area contributed by atoms with E-state index in [1.165, 1.54) is 186 Å². The fourth-order valence-corrected chi connectivity index (χ4v) is 7.45. The summed E-state index contributed by atoms with van der Waals surface area (Å²) < 4.78 is 6.22. The normalized spacial score (nSPS) is 11.2. The Morgan fingerprint density at radius 2 is 0.722 bits per heavy atom. The van der Waals surface area contributed by atoms with Gasteiger partial charge in [-0.25, -0.2) is 0 Å². The molecule has 0 fully saturated rings. The van der Waals surface area contributed by atoms with E-state index in [9.17, 15) is 9.59 Å². The van der Waals surface area contributed by atoms with Gasteiger partial charge in [-0.05, 0) is 37.5 Å². The average Bonchev–Trinajstić information content (AvgIpc) is 3.18. The summed E-state index contributed by atoms with van der Waals surface area (Å²) in [6, 6.07) is 5.35. The SMILES string of the molecule is CCCCCCCCCCCCCCCNC(=O)c1ccc(C(=O)NCCCCCCCCCCCCCCC)c(OCCCCCCCCCCC)c1. The van der Waals surface area contributed by atoms with Crippen LogP contribution in [0.2, 0.25) is 0 Å². The van der Waals surface area contributed by atoms with Gasteiger partial charge in [0.05, 0.1) is 12.2 Å². The lowest BCUT2D eigenvalue weighted by molar-refractivity contribution is 0.0937. The molecular weight excluding hydrogens is 665 g/mol. The second-order valence-corrected chi connectivity index (χ2v) is 16.4. The van der Waals surface area contributed by atoms with Crippen molar-refractivity contribution in [2.75, 3.05) is 19.7 Å². The summed E-state index contributed by atoms with van der Waals surface area (Å²) in [5.74, 6) is 0.349. The van der Waals surface area contributed by atoms with Crippen LogP contribution >= 0.6 is 0 Å². The summed E-state index contributed by atoms with van der Waals surface area (Å²) in [7, 11) is 0. The molecule has 0 heterocycles. The van der Waals surface area contributed by atoms with E-state index in [-0.39, 0.29) is 11.8 Å². The molecule has 0 bridgehead atoms. The van der Waals surface area contributed by atoms with Crippen molar-refractivity contribution in [1.82, 2.24) is 10.6 Å². The maximum atomic E-state index is 13.3. The summed E-state index contributed by atoms with van der Waals surface area (Å²) in [6.45, 7) is 8.75. The number of ether oxygens (including phenoxy) is 1. The molecule has 54 heavy (non-hydrogen) atoms. The van der Waals surface area contributed by atoms with Gasteiger partial charge in [0.1, 0.15) is 5.75 Å². The molecule has 1 rings (SSSR count). The molecule has 5 heteroatoms. The Hall–Kier alpha value is -2.04. The zero-order valence-corrected chi connectivity index (χ0v) is 36.3. The lowest BCUT2D eigenvalue weighted by Crippen LogP contribution is -2.26. The summed E-state index contributed by atoms with van der Waals surface area (Å²) in [4.78, 5) is 26.4. The molecule has 1 aromatic rings. The molecule has 0 spiro atoms. The van der Waals surface area contributed by atoms with Crippen LogP contribution < -0.4 is 15.4 Å². The van der Waals surface area contributed by atoms with Gasteiger partial charge in [-0.3, -0.25) is 9.59 Å². The van der Waals surface area contributed by atoms with Crippen LogP contribution in [0.3, 0.4) is 0 Å². The molecule has 2 N–H and O–H groups in total. The van der Waals surface area contributed by atoms with E-state index < -0.39 is 0 Å². The molecule has 0 atom stereocenters. The van der Waals surface area contributed by atoms with Gasteiger partial charge in [-0.2, -0.15) is 0 Å². The largest absolute Gasteiger partial charge is 0.493 e. The molecule has 0 unspecified atom stereocenters. The van der Waals surface area contributed by atoms with Crippen molar-refractivity contribution in [3.63, 3.8) is 0 Å². The highest BCUT2D eigenvalue weighted by atomic mass is 16.5. The first-order valence-electron chi connectivity index (χ1n) is 24.0. The average molecular weight is 755 g/mol. The first-order valence-corrected chi connectivity index (χ1v) is 24.0. The minimum Gasteiger partial charge on any atom is -0.493 e. The first-order chi connectivity index (χ1) is 26.6. The summed E-state index contributed by atoms with van der Waals surface area (Å²) in [5, 5.41) is 6.24. The minimum atomic E-state index is -0.102. The van der Waals surface area contributed by atoms with Crippen molar-refractivity contribution in [3.05, 3.63) is 29.3 Å². The Morgan fingerprint density at radius 3 is 1.09 bits per heavy atom. The number of hydrogen-bond donors (Lipinski definition) is 2. The molecule has 1 aromatic carbocycles. The number of amides is 2. The van der Waals surface area contributed by atoms with Gasteiger partial charge in [0.2, 0.25) is 0 Å². The highest BCUT2D eigenvalue weighted by Gasteiger charge is 2.16.